The van der Waals surface area contributed by atoms with Gasteiger partial charge in [0, 0.05) is 0 Å². The first-order chi connectivity index (χ1) is 6.15. The molecule has 0 N–H and O–H groups in total. The molecule has 0 saturated heterocycles. The van der Waals surface area contributed by atoms with Gasteiger partial charge in [0.2, 0.25) is 0 Å². The molecule has 0 aliphatic heterocycles. The Bertz CT molecular complexity index is 341. The van der Waals surface area contributed by atoms with Gasteiger partial charge in [-0.2, -0.15) is 0 Å². The van der Waals surface area contributed by atoms with E-state index in [-0.39, 0.29) is 5.43 Å². The maximum atomic E-state index is 11.3. The van der Waals surface area contributed by atoms with Gasteiger partial charge in [0.1, 0.15) is 0 Å². The summed E-state index contributed by atoms with van der Waals surface area (Å²) in [4.78, 5) is 11.3. The predicted molar refractivity (Wildman–Crippen MR) is 56.2 cm³/mol. The van der Waals surface area contributed by atoms with Gasteiger partial charge in [0.05, 0.1) is 0 Å². The van der Waals surface area contributed by atoms with E-state index in [9.17, 15) is 4.79 Å². The molecule has 0 amide bonds. The van der Waals surface area contributed by atoms with Crippen molar-refractivity contribution >= 4 is 0 Å². The second-order valence-corrected chi connectivity index (χ2v) is 3.53. The zero-order chi connectivity index (χ0) is 9.84. The summed E-state index contributed by atoms with van der Waals surface area (Å²) in [6.45, 7) is 6.21. The summed E-state index contributed by atoms with van der Waals surface area (Å²) in [5.74, 6) is 0.533. The zero-order valence-electron chi connectivity index (χ0n) is 8.50. The van der Waals surface area contributed by atoms with Gasteiger partial charge in [-0.15, -0.1) is 0 Å². The predicted octanol–water partition coefficient (Wildman–Crippen LogP) is 2.87. The van der Waals surface area contributed by atoms with Crippen molar-refractivity contribution in [1.82, 2.24) is 0 Å². The fraction of sp³-hybridized carbons (Fsp3) is 0.417. The summed E-state index contributed by atoms with van der Waals surface area (Å²) in [7, 11) is 0. The highest BCUT2D eigenvalue weighted by Crippen LogP contribution is 2.17. The highest BCUT2D eigenvalue weighted by atomic mass is 16.1. The van der Waals surface area contributed by atoms with Crippen LogP contribution < -0.4 is 5.43 Å². The largest absolute Gasteiger partial charge is 0.290 e. The van der Waals surface area contributed by atoms with Crippen molar-refractivity contribution in [3.05, 3.63) is 45.6 Å². The Morgan fingerprint density at radius 3 is 2.69 bits per heavy atom. The lowest BCUT2D eigenvalue weighted by Gasteiger charge is -2.05. The standard InChI is InChI=1S/C12H16O/c1-4-9(2)11-6-5-7-12(13)10(3)8-11/h5-9H,4H2,1-3H3. The fourth-order valence-electron chi connectivity index (χ4n) is 1.29. The molecule has 0 aliphatic rings. The van der Waals surface area contributed by atoms with Crippen LogP contribution in [-0.2, 0) is 0 Å². The lowest BCUT2D eigenvalue weighted by atomic mass is 10.00. The molecule has 1 aromatic rings. The molecule has 0 saturated carbocycles. The average Bonchev–Trinajstić information content (AvgIpc) is 2.28. The highest BCUT2D eigenvalue weighted by molar-refractivity contribution is 5.23. The lowest BCUT2D eigenvalue weighted by Crippen LogP contribution is -1.98. The molecule has 0 heterocycles. The Labute approximate surface area is 79.4 Å². The van der Waals surface area contributed by atoms with Gasteiger partial charge in [-0.1, -0.05) is 32.0 Å². The van der Waals surface area contributed by atoms with E-state index < -0.39 is 0 Å². The van der Waals surface area contributed by atoms with Crippen LogP contribution >= 0.6 is 0 Å². The van der Waals surface area contributed by atoms with Crippen LogP contribution in [0.5, 0.6) is 0 Å². The van der Waals surface area contributed by atoms with Crippen LogP contribution in [0.2, 0.25) is 0 Å². The fourth-order valence-corrected chi connectivity index (χ4v) is 1.29. The van der Waals surface area contributed by atoms with E-state index in [0.717, 1.165) is 12.0 Å². The summed E-state index contributed by atoms with van der Waals surface area (Å²) in [5, 5.41) is 0. The van der Waals surface area contributed by atoms with Gasteiger partial charge in [0.25, 0.3) is 0 Å². The maximum absolute atomic E-state index is 11.3. The molecule has 1 atom stereocenters. The molecule has 1 rings (SSSR count). The summed E-state index contributed by atoms with van der Waals surface area (Å²) in [6.07, 6.45) is 1.11. The van der Waals surface area contributed by atoms with Gasteiger partial charge in [0.15, 0.2) is 5.43 Å². The smallest absolute Gasteiger partial charge is 0.181 e. The molecule has 0 fully saturated rings. The third-order valence-electron chi connectivity index (χ3n) is 2.49. The van der Waals surface area contributed by atoms with Crippen LogP contribution in [-0.4, -0.2) is 0 Å². The summed E-state index contributed by atoms with van der Waals surface area (Å²) < 4.78 is 0. The van der Waals surface area contributed by atoms with Gasteiger partial charge in [-0.25, -0.2) is 0 Å². The minimum atomic E-state index is 0.120. The van der Waals surface area contributed by atoms with Crippen molar-refractivity contribution in [1.29, 1.82) is 0 Å². The molecular weight excluding hydrogens is 160 g/mol. The van der Waals surface area contributed by atoms with E-state index in [2.05, 4.69) is 13.8 Å². The molecule has 0 radical (unpaired) electrons. The minimum absolute atomic E-state index is 0.120. The van der Waals surface area contributed by atoms with Crippen LogP contribution in [0.4, 0.5) is 0 Å². The van der Waals surface area contributed by atoms with Gasteiger partial charge in [-0.3, -0.25) is 4.79 Å². The van der Waals surface area contributed by atoms with Gasteiger partial charge >= 0.3 is 0 Å². The summed E-state index contributed by atoms with van der Waals surface area (Å²) in [5.41, 5.74) is 2.21. The van der Waals surface area contributed by atoms with Crippen LogP contribution in [0.25, 0.3) is 0 Å². The van der Waals surface area contributed by atoms with E-state index in [1.807, 2.05) is 25.1 Å². The van der Waals surface area contributed by atoms with E-state index >= 15 is 0 Å². The molecule has 1 nitrogen and oxygen atoms in total. The van der Waals surface area contributed by atoms with E-state index in [1.54, 1.807) is 6.07 Å². The monoisotopic (exact) mass is 176 g/mol. The molecule has 0 aliphatic carbocycles. The Hall–Kier alpha value is -1.11. The number of hydrogen-bond acceptors (Lipinski definition) is 1. The number of aryl methyl sites for hydroxylation is 1. The van der Waals surface area contributed by atoms with Crippen molar-refractivity contribution in [2.45, 2.75) is 33.1 Å². The average molecular weight is 176 g/mol. The Morgan fingerprint density at radius 2 is 2.08 bits per heavy atom. The van der Waals surface area contributed by atoms with E-state index in [4.69, 9.17) is 0 Å². The Morgan fingerprint density at radius 1 is 1.38 bits per heavy atom. The molecule has 0 bridgehead atoms. The molecule has 70 valence electrons. The van der Waals surface area contributed by atoms with E-state index in [1.165, 1.54) is 5.56 Å². The van der Waals surface area contributed by atoms with Crippen molar-refractivity contribution in [3.8, 4) is 0 Å². The molecule has 0 aromatic heterocycles. The molecular formula is C12H16O. The van der Waals surface area contributed by atoms with Crippen molar-refractivity contribution < 1.29 is 0 Å². The SMILES string of the molecule is CCC(C)c1cccc(=O)c(C)c1. The maximum Gasteiger partial charge on any atom is 0.181 e. The summed E-state index contributed by atoms with van der Waals surface area (Å²) in [6, 6.07) is 7.50. The molecule has 1 unspecified atom stereocenters. The van der Waals surface area contributed by atoms with Crippen molar-refractivity contribution in [3.63, 3.8) is 0 Å². The third kappa shape index (κ3) is 2.41. The lowest BCUT2D eigenvalue weighted by molar-refractivity contribution is 0.734. The van der Waals surface area contributed by atoms with E-state index in [0.29, 0.717) is 5.92 Å². The van der Waals surface area contributed by atoms with Crippen LogP contribution in [0.3, 0.4) is 0 Å². The first-order valence-corrected chi connectivity index (χ1v) is 4.76. The van der Waals surface area contributed by atoms with Crippen molar-refractivity contribution in [2.75, 3.05) is 0 Å². The molecule has 0 spiro atoms. The quantitative estimate of drug-likeness (QED) is 0.677. The van der Waals surface area contributed by atoms with Gasteiger partial charge < -0.3 is 0 Å². The minimum Gasteiger partial charge on any atom is -0.290 e. The van der Waals surface area contributed by atoms with Crippen molar-refractivity contribution in [2.24, 2.45) is 0 Å². The zero-order valence-corrected chi connectivity index (χ0v) is 8.50. The molecule has 13 heavy (non-hydrogen) atoms. The Kier molecular flexibility index (Phi) is 3.24. The normalized spacial score (nSPS) is 12.5. The van der Waals surface area contributed by atoms with Crippen LogP contribution in [0.1, 0.15) is 37.3 Å². The first-order valence-electron chi connectivity index (χ1n) is 4.76. The third-order valence-corrected chi connectivity index (χ3v) is 2.49. The second-order valence-electron chi connectivity index (χ2n) is 3.53. The second kappa shape index (κ2) is 4.22. The highest BCUT2D eigenvalue weighted by Gasteiger charge is 2.01. The topological polar surface area (TPSA) is 17.1 Å². The van der Waals surface area contributed by atoms with Crippen LogP contribution in [0.15, 0.2) is 29.1 Å². The van der Waals surface area contributed by atoms with Crippen LogP contribution in [0, 0.1) is 6.92 Å². The number of rotatable bonds is 2. The number of hydrogen-bond donors (Lipinski definition) is 0. The first kappa shape index (κ1) is 9.97. The Balaban J connectivity index is 3.21. The molecule has 1 heteroatoms. The van der Waals surface area contributed by atoms with Gasteiger partial charge in [-0.05, 0) is 36.5 Å². The molecule has 1 aromatic carbocycles. The summed E-state index contributed by atoms with van der Waals surface area (Å²) >= 11 is 0.